The molecule has 0 atom stereocenters. The third-order valence-electron chi connectivity index (χ3n) is 7.09. The largest absolute Gasteiger partial charge is 0.378 e. The van der Waals surface area contributed by atoms with E-state index in [2.05, 4.69) is 21.3 Å². The van der Waals surface area contributed by atoms with Crippen LogP contribution in [0.5, 0.6) is 0 Å². The van der Waals surface area contributed by atoms with Crippen molar-refractivity contribution < 1.29 is 19.5 Å². The third-order valence-corrected chi connectivity index (χ3v) is 7.09. The van der Waals surface area contributed by atoms with Gasteiger partial charge >= 0.3 is 0 Å². The summed E-state index contributed by atoms with van der Waals surface area (Å²) >= 11 is 0. The number of rotatable bonds is 10. The molecule has 0 radical (unpaired) electrons. The number of aromatic nitrogens is 4. The molecule has 1 aliphatic heterocycles. The van der Waals surface area contributed by atoms with Crippen molar-refractivity contribution in [3.8, 4) is 11.4 Å². The molecule has 0 saturated carbocycles. The molecule has 4 aromatic rings. The summed E-state index contributed by atoms with van der Waals surface area (Å²) in [5.74, 6) is 1.15. The fourth-order valence-corrected chi connectivity index (χ4v) is 4.94. The number of hydrogen-bond acceptors (Lipinski definition) is 9. The Morgan fingerprint density at radius 1 is 1.05 bits per heavy atom. The molecule has 218 valence electrons. The maximum absolute atomic E-state index is 11.6. The van der Waals surface area contributed by atoms with Gasteiger partial charge in [0.15, 0.2) is 22.8 Å². The van der Waals surface area contributed by atoms with Crippen LogP contribution in [0.25, 0.3) is 28.6 Å². The minimum absolute atomic E-state index is 0.428. The Labute approximate surface area is 243 Å². The summed E-state index contributed by atoms with van der Waals surface area (Å²) < 4.78 is 7.71. The number of hydroxylamine groups is 1. The molecule has 1 saturated heterocycles. The number of nitrogens with zero attached hydrogens (tertiary/aromatic N) is 6. The average Bonchev–Trinajstić information content (AvgIpc) is 3.37. The predicted octanol–water partition coefficient (Wildman–Crippen LogP) is 2.60. The first-order valence-corrected chi connectivity index (χ1v) is 13.8. The van der Waals surface area contributed by atoms with E-state index in [0.29, 0.717) is 57.3 Å². The molecule has 2 aromatic heterocycles. The lowest BCUT2D eigenvalue weighted by Crippen LogP contribution is -2.37. The number of nitrogens with two attached hydrogens (primary N) is 1. The second kappa shape index (κ2) is 12.9. The number of amides is 2. The third kappa shape index (κ3) is 6.46. The number of benzene rings is 2. The van der Waals surface area contributed by atoms with Gasteiger partial charge in [-0.25, -0.2) is 20.4 Å². The molecule has 3 heterocycles. The molecule has 42 heavy (non-hydrogen) atoms. The smallest absolute Gasteiger partial charge is 0.267 e. The highest BCUT2D eigenvalue weighted by atomic mass is 16.5. The van der Waals surface area contributed by atoms with Crippen LogP contribution in [0.15, 0.2) is 54.6 Å². The van der Waals surface area contributed by atoms with Crippen molar-refractivity contribution in [3.05, 3.63) is 77.1 Å². The number of anilines is 1. The first-order valence-electron chi connectivity index (χ1n) is 13.8. The Bertz CT molecular complexity index is 1590. The van der Waals surface area contributed by atoms with Gasteiger partial charge < -0.3 is 19.9 Å². The molecule has 1 aliphatic rings. The summed E-state index contributed by atoms with van der Waals surface area (Å²) in [5, 5.41) is 8.64. The summed E-state index contributed by atoms with van der Waals surface area (Å²) in [6.07, 6.45) is 2.90. The highest BCUT2D eigenvalue weighted by molar-refractivity contribution is 5.93. The van der Waals surface area contributed by atoms with E-state index in [9.17, 15) is 9.59 Å². The van der Waals surface area contributed by atoms with Crippen molar-refractivity contribution in [2.45, 2.75) is 26.6 Å². The van der Waals surface area contributed by atoms with E-state index in [1.807, 2.05) is 43.4 Å². The monoisotopic (exact) mass is 570 g/mol. The molecule has 12 heteroatoms. The second-order valence-corrected chi connectivity index (χ2v) is 10.1. The van der Waals surface area contributed by atoms with Gasteiger partial charge in [0.1, 0.15) is 5.82 Å². The Morgan fingerprint density at radius 2 is 1.76 bits per heavy atom. The number of primary amides is 1. The van der Waals surface area contributed by atoms with Crippen molar-refractivity contribution in [1.82, 2.24) is 29.9 Å². The second-order valence-electron chi connectivity index (χ2n) is 10.1. The van der Waals surface area contributed by atoms with Gasteiger partial charge in [-0.3, -0.25) is 19.7 Å². The maximum Gasteiger partial charge on any atom is 0.267 e. The lowest BCUT2D eigenvalue weighted by atomic mass is 10.1. The van der Waals surface area contributed by atoms with Crippen molar-refractivity contribution in [2.75, 3.05) is 38.3 Å². The zero-order valence-electron chi connectivity index (χ0n) is 23.7. The summed E-state index contributed by atoms with van der Waals surface area (Å²) in [4.78, 5) is 42.1. The van der Waals surface area contributed by atoms with Crippen LogP contribution in [0.2, 0.25) is 0 Å². The first-order chi connectivity index (χ1) is 20.4. The lowest BCUT2D eigenvalue weighted by Gasteiger charge is -2.28. The zero-order valence-corrected chi connectivity index (χ0v) is 23.7. The maximum atomic E-state index is 11.6. The minimum atomic E-state index is -0.577. The van der Waals surface area contributed by atoms with E-state index in [1.54, 1.807) is 23.7 Å². The molecular weight excluding hydrogens is 536 g/mol. The van der Waals surface area contributed by atoms with Gasteiger partial charge in [0.25, 0.3) is 5.91 Å². The van der Waals surface area contributed by atoms with Crippen LogP contribution in [0, 0.1) is 0 Å². The van der Waals surface area contributed by atoms with Gasteiger partial charge in [-0.15, -0.1) is 0 Å². The van der Waals surface area contributed by atoms with Crippen molar-refractivity contribution >= 4 is 34.9 Å². The summed E-state index contributed by atoms with van der Waals surface area (Å²) in [5.41, 5.74) is 11.7. The average molecular weight is 571 g/mol. The van der Waals surface area contributed by atoms with Gasteiger partial charge in [-0.05, 0) is 43.3 Å². The van der Waals surface area contributed by atoms with E-state index >= 15 is 0 Å². The SMILES string of the molecule is CCn1c(CN(C)Cc2ccc(C=CC(=O)NO)cc2)nc2c(N3CCOCC3)nc(-c3ccc(C(N)=O)cc3)nc21. The fourth-order valence-electron chi connectivity index (χ4n) is 4.94. The molecule has 0 bridgehead atoms. The van der Waals surface area contributed by atoms with Crippen LogP contribution >= 0.6 is 0 Å². The van der Waals surface area contributed by atoms with Gasteiger partial charge in [0.05, 0.1) is 19.8 Å². The van der Waals surface area contributed by atoms with E-state index in [4.69, 9.17) is 30.6 Å². The number of morpholine rings is 1. The van der Waals surface area contributed by atoms with Crippen LogP contribution in [0.4, 0.5) is 5.82 Å². The molecule has 1 fully saturated rings. The highest BCUT2D eigenvalue weighted by Gasteiger charge is 2.23. The number of aryl methyl sites for hydroxylation is 1. The van der Waals surface area contributed by atoms with Crippen LogP contribution in [-0.4, -0.2) is 74.8 Å². The fraction of sp³-hybridized carbons (Fsp3) is 0.300. The number of fused-ring (bicyclic) bond motifs is 1. The minimum Gasteiger partial charge on any atom is -0.378 e. The van der Waals surface area contributed by atoms with Crippen LogP contribution in [0.1, 0.15) is 34.2 Å². The van der Waals surface area contributed by atoms with Gasteiger partial charge in [0, 0.05) is 43.4 Å². The van der Waals surface area contributed by atoms with E-state index in [-0.39, 0.29) is 0 Å². The summed E-state index contributed by atoms with van der Waals surface area (Å²) in [7, 11) is 2.04. The molecule has 0 unspecified atom stereocenters. The molecule has 0 spiro atoms. The summed E-state index contributed by atoms with van der Waals surface area (Å²) in [6, 6.07) is 14.9. The standard InChI is InChI=1S/C30H34N8O4/c1-3-38-24(19-36(2)18-21-6-4-20(5-7-21)8-13-25(39)35-41)32-26-29(37-14-16-42-17-15-37)33-28(34-30(26)38)23-11-9-22(10-12-23)27(31)40/h4-13,41H,3,14-19H2,1-2H3,(H2,31,40)(H,35,39). The predicted molar refractivity (Wildman–Crippen MR) is 159 cm³/mol. The molecule has 0 aliphatic carbocycles. The summed E-state index contributed by atoms with van der Waals surface area (Å²) in [6.45, 7) is 6.67. The Balaban J connectivity index is 1.44. The number of carbonyl (C=O) groups is 2. The van der Waals surface area contributed by atoms with Crippen LogP contribution in [-0.2, 0) is 29.2 Å². The topological polar surface area (TPSA) is 152 Å². The van der Waals surface area contributed by atoms with Crippen LogP contribution in [0.3, 0.4) is 0 Å². The molecule has 2 aromatic carbocycles. The number of imidazole rings is 1. The lowest BCUT2D eigenvalue weighted by molar-refractivity contribution is -0.124. The van der Waals surface area contributed by atoms with E-state index < -0.39 is 11.8 Å². The molecular formula is C30H34N8O4. The highest BCUT2D eigenvalue weighted by Crippen LogP contribution is 2.29. The Kier molecular flexibility index (Phi) is 8.86. The number of nitrogens with one attached hydrogen (secondary N) is 1. The number of carbonyl (C=O) groups excluding carboxylic acids is 2. The molecule has 4 N–H and O–H groups in total. The van der Waals surface area contributed by atoms with Gasteiger partial charge in [-0.1, -0.05) is 36.4 Å². The van der Waals surface area contributed by atoms with Gasteiger partial charge in [-0.2, -0.15) is 0 Å². The molecule has 5 rings (SSSR count). The normalized spacial score (nSPS) is 13.8. The van der Waals surface area contributed by atoms with Gasteiger partial charge in [0.2, 0.25) is 5.91 Å². The quantitative estimate of drug-likeness (QED) is 0.148. The van der Waals surface area contributed by atoms with Crippen molar-refractivity contribution in [1.29, 1.82) is 0 Å². The first kappa shape index (κ1) is 28.9. The number of ether oxygens (including phenoxy) is 1. The molecule has 12 nitrogen and oxygen atoms in total. The van der Waals surface area contributed by atoms with E-state index in [0.717, 1.165) is 39.5 Å². The van der Waals surface area contributed by atoms with Crippen LogP contribution < -0.4 is 16.1 Å². The van der Waals surface area contributed by atoms with Crippen molar-refractivity contribution in [3.63, 3.8) is 0 Å². The Morgan fingerprint density at radius 3 is 2.40 bits per heavy atom. The Hall–Kier alpha value is -4.65. The zero-order chi connectivity index (χ0) is 29.6. The van der Waals surface area contributed by atoms with E-state index in [1.165, 1.54) is 6.08 Å². The number of hydrogen-bond donors (Lipinski definition) is 3. The molecule has 2 amide bonds. The van der Waals surface area contributed by atoms with Crippen molar-refractivity contribution in [2.24, 2.45) is 5.73 Å².